The number of pyridine rings is 1. The largest absolute Gasteiger partial charge is 0.368 e. The molecule has 9 nitrogen and oxygen atoms in total. The molecule has 2 unspecified atom stereocenters. The van der Waals surface area contributed by atoms with E-state index >= 15 is 4.39 Å². The minimum atomic E-state index is -2.10. The number of halogens is 3. The zero-order valence-electron chi connectivity index (χ0n) is 20.6. The van der Waals surface area contributed by atoms with Crippen LogP contribution in [-0.4, -0.2) is 37.3 Å². The second-order valence-corrected chi connectivity index (χ2v) is 9.78. The van der Waals surface area contributed by atoms with Gasteiger partial charge in [-0.25, -0.2) is 27.4 Å². The Kier molecular flexibility index (Phi) is 7.72. The lowest BCUT2D eigenvalue weighted by Gasteiger charge is -2.16. The van der Waals surface area contributed by atoms with Crippen LogP contribution in [0.4, 0.5) is 18.9 Å². The second kappa shape index (κ2) is 11.0. The van der Waals surface area contributed by atoms with Gasteiger partial charge in [0.25, 0.3) is 0 Å². The minimum Gasteiger partial charge on any atom is -0.368 e. The normalized spacial score (nSPS) is 13.2. The van der Waals surface area contributed by atoms with Crippen molar-refractivity contribution in [1.82, 2.24) is 9.97 Å². The molecular formula is C26H22F3N7O2S. The number of carbonyl (C=O) groups is 1. The molecule has 39 heavy (non-hydrogen) atoms. The molecule has 4 aromatic rings. The first kappa shape index (κ1) is 27.4. The van der Waals surface area contributed by atoms with Crippen molar-refractivity contribution < 1.29 is 22.2 Å². The summed E-state index contributed by atoms with van der Waals surface area (Å²) in [6, 6.07) is 8.24. The molecule has 0 aliphatic rings. The lowest BCUT2D eigenvalue weighted by molar-refractivity contribution is 0.103. The van der Waals surface area contributed by atoms with Crippen LogP contribution in [0, 0.1) is 28.3 Å². The third-order valence-corrected chi connectivity index (χ3v) is 6.90. The molecule has 0 saturated heterocycles. The van der Waals surface area contributed by atoms with Gasteiger partial charge in [0.1, 0.15) is 28.3 Å². The van der Waals surface area contributed by atoms with Crippen molar-refractivity contribution in [3.8, 4) is 0 Å². The van der Waals surface area contributed by atoms with Gasteiger partial charge in [0.15, 0.2) is 5.82 Å². The summed E-state index contributed by atoms with van der Waals surface area (Å²) in [5, 5.41) is 15.8. The van der Waals surface area contributed by atoms with Crippen LogP contribution in [0.5, 0.6) is 0 Å². The van der Waals surface area contributed by atoms with Crippen molar-refractivity contribution in [2.24, 2.45) is 10.7 Å². The van der Waals surface area contributed by atoms with Crippen LogP contribution in [0.25, 0.3) is 11.0 Å². The molecule has 13 heteroatoms. The number of carbonyl (C=O) groups excluding carboxylic acids is 1. The fraction of sp³-hybridized carbons (Fsp3) is 0.115. The van der Waals surface area contributed by atoms with Crippen LogP contribution in [0.15, 0.2) is 64.7 Å². The maximum absolute atomic E-state index is 15.4. The molecule has 0 saturated carbocycles. The fourth-order valence-corrected chi connectivity index (χ4v) is 5.04. The summed E-state index contributed by atoms with van der Waals surface area (Å²) < 4.78 is 58.7. The fourth-order valence-electron chi connectivity index (χ4n) is 4.14. The zero-order chi connectivity index (χ0) is 28.4. The number of hydrogen-bond donors (Lipinski definition) is 5. The van der Waals surface area contributed by atoms with E-state index in [4.69, 9.17) is 16.6 Å². The van der Waals surface area contributed by atoms with Crippen molar-refractivity contribution in [2.45, 2.75) is 24.7 Å². The quantitative estimate of drug-likeness (QED) is 0.120. The predicted molar refractivity (Wildman–Crippen MR) is 143 cm³/mol. The molecule has 2 aromatic carbocycles. The number of H-pyrrole nitrogens is 1. The number of aromatic amines is 1. The Labute approximate surface area is 223 Å². The number of nitrogens with two attached hydrogens (primary N) is 1. The number of nitrogens with one attached hydrogen (secondary N) is 4. The number of aliphatic imine (C=N–C) groups is 1. The molecule has 0 aliphatic carbocycles. The average molecular weight is 554 g/mol. The first-order chi connectivity index (χ1) is 18.5. The minimum absolute atomic E-state index is 0.0153. The number of guanidine groups is 1. The molecule has 0 radical (unpaired) electrons. The molecule has 4 rings (SSSR count). The monoisotopic (exact) mass is 553 g/mol. The summed E-state index contributed by atoms with van der Waals surface area (Å²) in [5.41, 5.74) is 5.19. The van der Waals surface area contributed by atoms with Gasteiger partial charge in [-0.1, -0.05) is 6.07 Å². The standard InChI is InChI=1S/C26H22F3N7O2S/c1-12(30)21(13(2)35-26(31)32)14-8-17-18(11-34-25(17)33-10-14)24(37)22-19(28)6-7-20(23(22)29)36-39(38)16-5-3-4-15(27)9-16/h3-11,21,30,36H,1-2H3,(H3,31,32)(H,33,34). The topological polar surface area (TPSA) is 161 Å². The predicted octanol–water partition coefficient (Wildman–Crippen LogP) is 4.82. The van der Waals surface area contributed by atoms with E-state index in [1.165, 1.54) is 31.5 Å². The molecule has 6 N–H and O–H groups in total. The average Bonchev–Trinajstić information content (AvgIpc) is 3.28. The molecule has 2 heterocycles. The van der Waals surface area contributed by atoms with E-state index in [0.29, 0.717) is 11.3 Å². The summed E-state index contributed by atoms with van der Waals surface area (Å²) in [7, 11) is -2.10. The van der Waals surface area contributed by atoms with Crippen LogP contribution in [0.3, 0.4) is 0 Å². The molecule has 0 fully saturated rings. The van der Waals surface area contributed by atoms with Gasteiger partial charge in [0.2, 0.25) is 11.7 Å². The Balaban J connectivity index is 1.75. The van der Waals surface area contributed by atoms with Gasteiger partial charge >= 0.3 is 0 Å². The van der Waals surface area contributed by atoms with Crippen molar-refractivity contribution in [2.75, 3.05) is 4.72 Å². The molecule has 0 spiro atoms. The number of benzene rings is 2. The van der Waals surface area contributed by atoms with E-state index in [-0.39, 0.29) is 27.2 Å². The summed E-state index contributed by atoms with van der Waals surface area (Å²) >= 11 is 0. The maximum atomic E-state index is 15.4. The van der Waals surface area contributed by atoms with Crippen LogP contribution in [0.1, 0.15) is 41.3 Å². The Morgan fingerprint density at radius 3 is 2.56 bits per heavy atom. The van der Waals surface area contributed by atoms with E-state index in [1.807, 2.05) is 0 Å². The highest BCUT2D eigenvalue weighted by Gasteiger charge is 2.26. The lowest BCUT2D eigenvalue weighted by Crippen LogP contribution is -2.20. The van der Waals surface area contributed by atoms with Crippen LogP contribution in [0.2, 0.25) is 0 Å². The van der Waals surface area contributed by atoms with Crippen LogP contribution in [-0.2, 0) is 11.0 Å². The smallest absolute Gasteiger partial charge is 0.212 e. The molecule has 200 valence electrons. The molecule has 2 atom stereocenters. The molecule has 0 amide bonds. The highest BCUT2D eigenvalue weighted by atomic mass is 32.2. The Morgan fingerprint density at radius 2 is 1.90 bits per heavy atom. The van der Waals surface area contributed by atoms with Gasteiger partial charge in [0.05, 0.1) is 22.1 Å². The molecular weight excluding hydrogens is 531 g/mol. The lowest BCUT2D eigenvalue weighted by atomic mass is 9.90. The highest BCUT2D eigenvalue weighted by molar-refractivity contribution is 7.86. The Morgan fingerprint density at radius 1 is 1.15 bits per heavy atom. The Bertz CT molecular complexity index is 1700. The number of anilines is 1. The van der Waals surface area contributed by atoms with E-state index in [9.17, 15) is 17.8 Å². The zero-order valence-corrected chi connectivity index (χ0v) is 21.4. The first-order valence-electron chi connectivity index (χ1n) is 11.4. The maximum Gasteiger partial charge on any atom is 0.212 e. The number of ketones is 1. The van der Waals surface area contributed by atoms with E-state index < -0.39 is 57.3 Å². The van der Waals surface area contributed by atoms with Gasteiger partial charge in [0, 0.05) is 34.8 Å². The second-order valence-electron chi connectivity index (χ2n) is 8.56. The summed E-state index contributed by atoms with van der Waals surface area (Å²) in [6.45, 7) is 3.13. The van der Waals surface area contributed by atoms with E-state index in [2.05, 4.69) is 19.7 Å². The highest BCUT2D eigenvalue weighted by Crippen LogP contribution is 2.29. The van der Waals surface area contributed by atoms with Crippen molar-refractivity contribution in [1.29, 1.82) is 10.8 Å². The SMILES string of the molecule is CC(=N)C(C(C)=NC(=N)N)c1cnc2[nH]cc(C(=O)c3c(F)ccc(NS(=O)c4cccc(F)c4)c3F)c2c1. The molecule has 2 aromatic heterocycles. The van der Waals surface area contributed by atoms with Gasteiger partial charge < -0.3 is 16.1 Å². The number of rotatable bonds is 8. The van der Waals surface area contributed by atoms with Crippen LogP contribution < -0.4 is 10.5 Å². The van der Waals surface area contributed by atoms with Crippen LogP contribution >= 0.6 is 0 Å². The number of fused-ring (bicyclic) bond motifs is 1. The van der Waals surface area contributed by atoms with Gasteiger partial charge in [-0.3, -0.25) is 14.9 Å². The number of aromatic nitrogens is 2. The van der Waals surface area contributed by atoms with Crippen molar-refractivity contribution >= 4 is 50.9 Å². The molecule has 0 bridgehead atoms. The number of nitrogens with zero attached hydrogens (tertiary/aromatic N) is 2. The van der Waals surface area contributed by atoms with E-state index in [0.717, 1.165) is 24.3 Å². The van der Waals surface area contributed by atoms with E-state index in [1.54, 1.807) is 13.0 Å². The molecule has 0 aliphatic heterocycles. The number of hydrogen-bond acceptors (Lipinski definition) is 5. The van der Waals surface area contributed by atoms with Crippen molar-refractivity contribution in [3.63, 3.8) is 0 Å². The van der Waals surface area contributed by atoms with Crippen molar-refractivity contribution in [3.05, 3.63) is 89.0 Å². The third kappa shape index (κ3) is 5.62. The van der Waals surface area contributed by atoms with Gasteiger partial charge in [-0.15, -0.1) is 0 Å². The third-order valence-electron chi connectivity index (χ3n) is 5.81. The van der Waals surface area contributed by atoms with Gasteiger partial charge in [-0.2, -0.15) is 0 Å². The van der Waals surface area contributed by atoms with Gasteiger partial charge in [-0.05, 0) is 55.8 Å². The summed E-state index contributed by atoms with van der Waals surface area (Å²) in [6.07, 6.45) is 2.72. The first-order valence-corrected chi connectivity index (χ1v) is 12.5. The summed E-state index contributed by atoms with van der Waals surface area (Å²) in [4.78, 5) is 24.4. The Hall–Kier alpha value is -4.65. The summed E-state index contributed by atoms with van der Waals surface area (Å²) in [5.74, 6) is -5.22.